The molecule has 2 aromatic carbocycles. The van der Waals surface area contributed by atoms with Crippen molar-refractivity contribution >= 4 is 0 Å². The summed E-state index contributed by atoms with van der Waals surface area (Å²) in [6.07, 6.45) is 0.243. The third kappa shape index (κ3) is 7.49. The highest BCUT2D eigenvalue weighted by Gasteiger charge is 1.98. The molecule has 0 atom stereocenters. The van der Waals surface area contributed by atoms with Gasteiger partial charge in [-0.05, 0) is 43.7 Å². The van der Waals surface area contributed by atoms with Crippen LogP contribution in [0.4, 0.5) is 0 Å². The van der Waals surface area contributed by atoms with Crippen molar-refractivity contribution in [2.24, 2.45) is 0 Å². The van der Waals surface area contributed by atoms with Gasteiger partial charge in [0.05, 0.1) is 25.9 Å². The minimum absolute atomic E-state index is 0.243. The van der Waals surface area contributed by atoms with Gasteiger partial charge in [0.25, 0.3) is 0 Å². The van der Waals surface area contributed by atoms with Crippen LogP contribution in [0.15, 0.2) is 54.6 Å². The molecule has 0 heterocycles. The molecule has 0 spiro atoms. The first kappa shape index (κ1) is 18.3. The Hall–Kier alpha value is -2.04. The fourth-order valence-electron chi connectivity index (χ4n) is 2.04. The number of ether oxygens (including phenoxy) is 4. The molecule has 0 radical (unpaired) electrons. The van der Waals surface area contributed by atoms with Gasteiger partial charge in [-0.2, -0.15) is 0 Å². The van der Waals surface area contributed by atoms with Crippen LogP contribution in [0.1, 0.15) is 19.4 Å². The molecule has 0 aliphatic rings. The Morgan fingerprint density at radius 3 is 2.00 bits per heavy atom. The molecule has 0 N–H and O–H groups in total. The highest BCUT2D eigenvalue weighted by atomic mass is 16.5. The zero-order valence-electron chi connectivity index (χ0n) is 14.4. The van der Waals surface area contributed by atoms with Crippen molar-refractivity contribution in [2.45, 2.75) is 26.6 Å². The van der Waals surface area contributed by atoms with Crippen molar-refractivity contribution in [3.63, 3.8) is 0 Å². The molecule has 0 saturated heterocycles. The second-order valence-corrected chi connectivity index (χ2v) is 5.63. The van der Waals surface area contributed by atoms with Crippen LogP contribution in [0.5, 0.6) is 11.5 Å². The predicted molar refractivity (Wildman–Crippen MR) is 94.6 cm³/mol. The topological polar surface area (TPSA) is 36.9 Å². The van der Waals surface area contributed by atoms with E-state index in [1.165, 1.54) is 0 Å². The van der Waals surface area contributed by atoms with Crippen LogP contribution in [0.25, 0.3) is 0 Å². The summed E-state index contributed by atoms with van der Waals surface area (Å²) in [4.78, 5) is 0. The molecule has 2 aromatic rings. The molecule has 0 aromatic heterocycles. The number of hydrogen-bond acceptors (Lipinski definition) is 4. The van der Waals surface area contributed by atoms with E-state index in [-0.39, 0.29) is 6.10 Å². The molecule has 0 fully saturated rings. The van der Waals surface area contributed by atoms with E-state index in [4.69, 9.17) is 18.9 Å². The van der Waals surface area contributed by atoms with E-state index in [1.807, 2.05) is 68.4 Å². The molecule has 0 bridgehead atoms. The lowest BCUT2D eigenvalue weighted by Crippen LogP contribution is -2.13. The molecule has 0 aliphatic heterocycles. The third-order valence-corrected chi connectivity index (χ3v) is 3.25. The van der Waals surface area contributed by atoms with E-state index in [9.17, 15) is 0 Å². The maximum Gasteiger partial charge on any atom is 0.120 e. The van der Waals surface area contributed by atoms with Gasteiger partial charge in [-0.1, -0.05) is 30.3 Å². The van der Waals surface area contributed by atoms with Crippen LogP contribution in [0, 0.1) is 0 Å². The summed E-state index contributed by atoms with van der Waals surface area (Å²) in [7, 11) is 0. The van der Waals surface area contributed by atoms with Gasteiger partial charge < -0.3 is 18.9 Å². The molecule has 4 nitrogen and oxygen atoms in total. The molecular weight excluding hydrogens is 304 g/mol. The van der Waals surface area contributed by atoms with E-state index < -0.39 is 0 Å². The summed E-state index contributed by atoms with van der Waals surface area (Å²) in [5.41, 5.74) is 1.15. The lowest BCUT2D eigenvalue weighted by Gasteiger charge is -2.10. The third-order valence-electron chi connectivity index (χ3n) is 3.25. The zero-order valence-corrected chi connectivity index (χ0v) is 14.4. The first-order valence-corrected chi connectivity index (χ1v) is 8.33. The zero-order chi connectivity index (χ0) is 17.0. The van der Waals surface area contributed by atoms with Crippen molar-refractivity contribution in [3.05, 3.63) is 60.2 Å². The Labute approximate surface area is 144 Å². The molecule has 130 valence electrons. The molecule has 0 saturated carbocycles. The Kier molecular flexibility index (Phi) is 8.15. The first-order valence-electron chi connectivity index (χ1n) is 8.33. The van der Waals surface area contributed by atoms with Crippen molar-refractivity contribution in [3.8, 4) is 11.5 Å². The molecule has 0 amide bonds. The Balaban J connectivity index is 1.60. The van der Waals surface area contributed by atoms with Crippen LogP contribution in [-0.4, -0.2) is 32.5 Å². The molecule has 2 rings (SSSR count). The van der Waals surface area contributed by atoms with Gasteiger partial charge in [-0.15, -0.1) is 0 Å². The monoisotopic (exact) mass is 330 g/mol. The van der Waals surface area contributed by atoms with E-state index >= 15 is 0 Å². The summed E-state index contributed by atoms with van der Waals surface area (Å²) in [6.45, 7) is 6.86. The highest BCUT2D eigenvalue weighted by Crippen LogP contribution is 2.18. The molecule has 0 unspecified atom stereocenters. The first-order chi connectivity index (χ1) is 11.7. The van der Waals surface area contributed by atoms with Crippen LogP contribution in [0.3, 0.4) is 0 Å². The van der Waals surface area contributed by atoms with Crippen LogP contribution in [0.2, 0.25) is 0 Å². The summed E-state index contributed by atoms with van der Waals surface area (Å²) < 4.78 is 22.2. The number of rotatable bonds is 11. The number of benzene rings is 2. The highest BCUT2D eigenvalue weighted by molar-refractivity contribution is 5.31. The van der Waals surface area contributed by atoms with Crippen LogP contribution in [-0.2, 0) is 16.1 Å². The average Bonchev–Trinajstić information content (AvgIpc) is 2.61. The van der Waals surface area contributed by atoms with Gasteiger partial charge in [0.2, 0.25) is 0 Å². The van der Waals surface area contributed by atoms with Gasteiger partial charge >= 0.3 is 0 Å². The Morgan fingerprint density at radius 1 is 0.708 bits per heavy atom. The number of hydrogen-bond donors (Lipinski definition) is 0. The molecule has 24 heavy (non-hydrogen) atoms. The summed E-state index contributed by atoms with van der Waals surface area (Å²) in [6, 6.07) is 17.7. The van der Waals surface area contributed by atoms with Gasteiger partial charge in [-0.25, -0.2) is 0 Å². The van der Waals surface area contributed by atoms with Crippen molar-refractivity contribution in [2.75, 3.05) is 26.4 Å². The fraction of sp³-hybridized carbons (Fsp3) is 0.400. The van der Waals surface area contributed by atoms with E-state index in [0.29, 0.717) is 33.0 Å². The lowest BCUT2D eigenvalue weighted by molar-refractivity contribution is 0.0124. The fourth-order valence-corrected chi connectivity index (χ4v) is 2.04. The van der Waals surface area contributed by atoms with Crippen LogP contribution < -0.4 is 9.47 Å². The van der Waals surface area contributed by atoms with E-state index in [2.05, 4.69) is 0 Å². The minimum atomic E-state index is 0.243. The second-order valence-electron chi connectivity index (χ2n) is 5.63. The molecular formula is C20H26O4. The van der Waals surface area contributed by atoms with E-state index in [1.54, 1.807) is 0 Å². The largest absolute Gasteiger partial charge is 0.491 e. The smallest absolute Gasteiger partial charge is 0.120 e. The Bertz CT molecular complexity index is 552. The maximum absolute atomic E-state index is 5.74. The summed E-state index contributed by atoms with van der Waals surface area (Å²) >= 11 is 0. The Morgan fingerprint density at radius 2 is 1.33 bits per heavy atom. The maximum atomic E-state index is 5.74. The van der Waals surface area contributed by atoms with Gasteiger partial charge in [0.15, 0.2) is 0 Å². The van der Waals surface area contributed by atoms with Gasteiger partial charge in [0, 0.05) is 0 Å². The van der Waals surface area contributed by atoms with Gasteiger partial charge in [-0.3, -0.25) is 0 Å². The SMILES string of the molecule is CC(C)OCCOCCOc1ccc(OCc2ccccc2)cc1. The van der Waals surface area contributed by atoms with Gasteiger partial charge in [0.1, 0.15) is 24.7 Å². The second kappa shape index (κ2) is 10.7. The minimum Gasteiger partial charge on any atom is -0.491 e. The standard InChI is InChI=1S/C20H26O4/c1-17(2)22-14-12-21-13-15-23-19-8-10-20(11-9-19)24-16-18-6-4-3-5-7-18/h3-11,17H,12-16H2,1-2H3. The average molecular weight is 330 g/mol. The summed E-state index contributed by atoms with van der Waals surface area (Å²) in [5.74, 6) is 1.64. The predicted octanol–water partition coefficient (Wildman–Crippen LogP) is 4.09. The normalized spacial score (nSPS) is 10.8. The molecule has 4 heteroatoms. The summed E-state index contributed by atoms with van der Waals surface area (Å²) in [5, 5.41) is 0. The molecule has 0 aliphatic carbocycles. The van der Waals surface area contributed by atoms with Crippen molar-refractivity contribution in [1.29, 1.82) is 0 Å². The van der Waals surface area contributed by atoms with Crippen molar-refractivity contribution in [1.82, 2.24) is 0 Å². The van der Waals surface area contributed by atoms with E-state index in [0.717, 1.165) is 17.1 Å². The quantitative estimate of drug-likeness (QED) is 0.582. The van der Waals surface area contributed by atoms with Crippen LogP contribution >= 0.6 is 0 Å². The van der Waals surface area contributed by atoms with Crippen molar-refractivity contribution < 1.29 is 18.9 Å². The lowest BCUT2D eigenvalue weighted by atomic mass is 10.2.